The van der Waals surface area contributed by atoms with E-state index < -0.39 is 5.60 Å². The van der Waals surface area contributed by atoms with Gasteiger partial charge in [-0.2, -0.15) is 0 Å². The van der Waals surface area contributed by atoms with Crippen LogP contribution in [0, 0.1) is 17.8 Å². The molecule has 3 aliphatic heterocycles. The summed E-state index contributed by atoms with van der Waals surface area (Å²) in [5, 5.41) is 0. The molecule has 4 atom stereocenters. The summed E-state index contributed by atoms with van der Waals surface area (Å²) in [4.78, 5) is 19.9. The molecule has 0 spiro atoms. The quantitative estimate of drug-likeness (QED) is 0.699. The molecule has 5 heteroatoms. The number of carbonyl (C=O) groups is 1. The van der Waals surface area contributed by atoms with Gasteiger partial charge in [0, 0.05) is 38.4 Å². The Bertz CT molecular complexity index is 742. The summed E-state index contributed by atoms with van der Waals surface area (Å²) in [6.45, 7) is 13.6. The number of ether oxygens (including phenoxy) is 1. The molecule has 166 valence electrons. The minimum absolute atomic E-state index is 0.110. The van der Waals surface area contributed by atoms with Gasteiger partial charge in [0.2, 0.25) is 0 Å². The van der Waals surface area contributed by atoms with Crippen molar-refractivity contribution in [2.75, 3.05) is 44.7 Å². The molecule has 4 rings (SSSR count). The molecule has 0 bridgehead atoms. The molecule has 1 aromatic carbocycles. The van der Waals surface area contributed by atoms with Crippen molar-refractivity contribution < 1.29 is 9.53 Å². The summed E-state index contributed by atoms with van der Waals surface area (Å²) in [7, 11) is 2.25. The number of carbonyl (C=O) groups excluding carboxylic acids is 1. The molecule has 0 radical (unpaired) electrons. The zero-order valence-corrected chi connectivity index (χ0v) is 19.4. The lowest BCUT2D eigenvalue weighted by Gasteiger charge is -2.40. The number of fused-ring (bicyclic) bond motifs is 1. The van der Waals surface area contributed by atoms with Crippen LogP contribution >= 0.6 is 0 Å². The Morgan fingerprint density at radius 2 is 1.67 bits per heavy atom. The molecular weight excluding hydrogens is 374 g/mol. The maximum Gasteiger partial charge on any atom is 0.410 e. The molecule has 0 unspecified atom stereocenters. The van der Waals surface area contributed by atoms with Crippen molar-refractivity contribution in [2.24, 2.45) is 17.8 Å². The van der Waals surface area contributed by atoms with E-state index in [-0.39, 0.29) is 12.1 Å². The van der Waals surface area contributed by atoms with Gasteiger partial charge < -0.3 is 19.4 Å². The Morgan fingerprint density at radius 3 is 2.37 bits per heavy atom. The van der Waals surface area contributed by atoms with Crippen LogP contribution in [-0.4, -0.2) is 61.3 Å². The van der Waals surface area contributed by atoms with Gasteiger partial charge >= 0.3 is 6.09 Å². The molecule has 0 saturated carbocycles. The monoisotopic (exact) mass is 413 g/mol. The normalized spacial score (nSPS) is 30.3. The summed E-state index contributed by atoms with van der Waals surface area (Å²) in [6, 6.07) is 9.11. The van der Waals surface area contributed by atoms with Crippen LogP contribution < -0.4 is 4.90 Å². The molecule has 3 aliphatic rings. The van der Waals surface area contributed by atoms with Crippen LogP contribution in [0.25, 0.3) is 0 Å². The van der Waals surface area contributed by atoms with Crippen molar-refractivity contribution in [3.05, 3.63) is 29.8 Å². The van der Waals surface area contributed by atoms with Crippen molar-refractivity contribution in [2.45, 2.75) is 58.6 Å². The first-order valence-electron chi connectivity index (χ1n) is 11.7. The molecule has 5 nitrogen and oxygen atoms in total. The van der Waals surface area contributed by atoms with E-state index in [0.29, 0.717) is 5.92 Å². The highest BCUT2D eigenvalue weighted by Gasteiger charge is 2.36. The third kappa shape index (κ3) is 4.77. The zero-order valence-electron chi connectivity index (χ0n) is 19.4. The zero-order chi connectivity index (χ0) is 21.5. The van der Waals surface area contributed by atoms with E-state index in [0.717, 1.165) is 37.8 Å². The number of hydrogen-bond donors (Lipinski definition) is 0. The smallest absolute Gasteiger partial charge is 0.410 e. The number of anilines is 1. The van der Waals surface area contributed by atoms with E-state index in [4.69, 9.17) is 4.74 Å². The summed E-state index contributed by atoms with van der Waals surface area (Å²) in [6.07, 6.45) is 3.26. The first-order chi connectivity index (χ1) is 14.2. The second-order valence-electron chi connectivity index (χ2n) is 10.9. The van der Waals surface area contributed by atoms with Crippen LogP contribution in [0.2, 0.25) is 0 Å². The molecule has 3 saturated heterocycles. The number of amides is 1. The highest BCUT2D eigenvalue weighted by Crippen LogP contribution is 2.36. The SMILES string of the molecule is C[C@H]1CC[C@H](c2ccc(N3CC[C@@H]4CN(C)C[C@@H]4C3)cc2)N(C(=O)OC(C)(C)C)C1. The largest absolute Gasteiger partial charge is 0.444 e. The summed E-state index contributed by atoms with van der Waals surface area (Å²) in [5.41, 5.74) is 2.08. The predicted octanol–water partition coefficient (Wildman–Crippen LogP) is 4.78. The van der Waals surface area contributed by atoms with Gasteiger partial charge in [0.15, 0.2) is 0 Å². The highest BCUT2D eigenvalue weighted by molar-refractivity contribution is 5.69. The first kappa shape index (κ1) is 21.5. The predicted molar refractivity (Wildman–Crippen MR) is 122 cm³/mol. The standard InChI is InChI=1S/C25H39N3O2/c1-18-6-11-23(28(14-18)24(29)30-25(2,3)4)19-7-9-22(10-8-19)27-13-12-20-15-26(5)16-21(20)17-27/h7-10,18,20-21,23H,6,11-17H2,1-5H3/t18-,20+,21+,23+/m0/s1. The van der Waals surface area contributed by atoms with Gasteiger partial charge in [-0.25, -0.2) is 4.79 Å². The molecule has 0 aromatic heterocycles. The van der Waals surface area contributed by atoms with Crippen molar-refractivity contribution in [1.29, 1.82) is 0 Å². The van der Waals surface area contributed by atoms with Crippen molar-refractivity contribution in [3.63, 3.8) is 0 Å². The van der Waals surface area contributed by atoms with Crippen LogP contribution in [0.15, 0.2) is 24.3 Å². The van der Waals surface area contributed by atoms with E-state index in [2.05, 4.69) is 48.0 Å². The van der Waals surface area contributed by atoms with Crippen LogP contribution in [-0.2, 0) is 4.74 Å². The van der Waals surface area contributed by atoms with Crippen LogP contribution in [0.3, 0.4) is 0 Å². The van der Waals surface area contributed by atoms with E-state index in [1.165, 1.54) is 37.3 Å². The average Bonchev–Trinajstić information content (AvgIpc) is 3.06. The van der Waals surface area contributed by atoms with Crippen LogP contribution in [0.5, 0.6) is 0 Å². The Balaban J connectivity index is 1.46. The molecule has 30 heavy (non-hydrogen) atoms. The molecular formula is C25H39N3O2. The first-order valence-corrected chi connectivity index (χ1v) is 11.7. The van der Waals surface area contributed by atoms with Crippen LogP contribution in [0.1, 0.15) is 58.6 Å². The minimum atomic E-state index is -0.466. The van der Waals surface area contributed by atoms with Crippen LogP contribution in [0.4, 0.5) is 10.5 Å². The van der Waals surface area contributed by atoms with Crippen molar-refractivity contribution in [3.8, 4) is 0 Å². The lowest BCUT2D eigenvalue weighted by atomic mass is 9.88. The fourth-order valence-electron chi connectivity index (χ4n) is 5.57. The number of likely N-dealkylation sites (tertiary alicyclic amines) is 2. The maximum atomic E-state index is 12.9. The Hall–Kier alpha value is -1.75. The van der Waals surface area contributed by atoms with Gasteiger partial charge in [-0.3, -0.25) is 0 Å². The van der Waals surface area contributed by atoms with E-state index in [9.17, 15) is 4.79 Å². The Labute approximate surface area is 182 Å². The average molecular weight is 414 g/mol. The summed E-state index contributed by atoms with van der Waals surface area (Å²) in [5.74, 6) is 2.18. The van der Waals surface area contributed by atoms with Gasteiger partial charge in [-0.05, 0) is 82.5 Å². The van der Waals surface area contributed by atoms with Crippen molar-refractivity contribution in [1.82, 2.24) is 9.80 Å². The molecule has 1 amide bonds. The minimum Gasteiger partial charge on any atom is -0.444 e. The van der Waals surface area contributed by atoms with Gasteiger partial charge in [0.05, 0.1) is 6.04 Å². The topological polar surface area (TPSA) is 36.0 Å². The second kappa shape index (κ2) is 8.41. The van der Waals surface area contributed by atoms with Gasteiger partial charge in [0.1, 0.15) is 5.60 Å². The lowest BCUT2D eigenvalue weighted by Crippen LogP contribution is -2.44. The summed E-state index contributed by atoms with van der Waals surface area (Å²) < 4.78 is 5.72. The van der Waals surface area contributed by atoms with E-state index in [1.807, 2.05) is 25.7 Å². The summed E-state index contributed by atoms with van der Waals surface area (Å²) >= 11 is 0. The Morgan fingerprint density at radius 1 is 0.967 bits per heavy atom. The number of benzene rings is 1. The molecule has 1 aromatic rings. The molecule has 3 fully saturated rings. The third-order valence-corrected chi connectivity index (χ3v) is 7.07. The second-order valence-corrected chi connectivity index (χ2v) is 10.9. The third-order valence-electron chi connectivity index (χ3n) is 7.07. The highest BCUT2D eigenvalue weighted by atomic mass is 16.6. The number of rotatable bonds is 2. The van der Waals surface area contributed by atoms with Gasteiger partial charge in [-0.1, -0.05) is 19.1 Å². The number of nitrogens with zero attached hydrogens (tertiary/aromatic N) is 3. The molecule has 0 N–H and O–H groups in total. The maximum absolute atomic E-state index is 12.9. The fourth-order valence-corrected chi connectivity index (χ4v) is 5.57. The molecule has 3 heterocycles. The lowest BCUT2D eigenvalue weighted by molar-refractivity contribution is 0.00364. The number of piperidine rings is 2. The molecule has 0 aliphatic carbocycles. The van der Waals surface area contributed by atoms with E-state index in [1.54, 1.807) is 0 Å². The Kier molecular flexibility index (Phi) is 6.02. The van der Waals surface area contributed by atoms with Gasteiger partial charge in [-0.15, -0.1) is 0 Å². The number of hydrogen-bond acceptors (Lipinski definition) is 4. The van der Waals surface area contributed by atoms with Gasteiger partial charge in [0.25, 0.3) is 0 Å². The van der Waals surface area contributed by atoms with Crippen molar-refractivity contribution >= 4 is 11.8 Å². The van der Waals surface area contributed by atoms with E-state index >= 15 is 0 Å². The fraction of sp³-hybridized carbons (Fsp3) is 0.720.